The first kappa shape index (κ1) is 9.90. The Bertz CT molecular complexity index is 302. The zero-order valence-corrected chi connectivity index (χ0v) is 9.74. The van der Waals surface area contributed by atoms with E-state index in [4.69, 9.17) is 0 Å². The third-order valence-corrected chi connectivity index (χ3v) is 4.03. The Morgan fingerprint density at radius 2 is 2.29 bits per heavy atom. The number of hydrogen-bond acceptors (Lipinski definition) is 3. The van der Waals surface area contributed by atoms with E-state index < -0.39 is 0 Å². The lowest BCUT2D eigenvalue weighted by Gasteiger charge is -2.12. The molecule has 1 aromatic rings. The number of aromatic nitrogens is 2. The summed E-state index contributed by atoms with van der Waals surface area (Å²) in [6, 6.07) is 0.616. The van der Waals surface area contributed by atoms with E-state index in [9.17, 15) is 0 Å². The Kier molecular flexibility index (Phi) is 2.72. The molecular formula is C10H17N3S. The van der Waals surface area contributed by atoms with Crippen LogP contribution in [0.2, 0.25) is 0 Å². The molecule has 2 rings (SSSR count). The first-order valence-electron chi connectivity index (χ1n) is 5.06. The Hall–Kier alpha value is -0.640. The zero-order valence-electron chi connectivity index (χ0n) is 8.92. The monoisotopic (exact) mass is 211 g/mol. The molecule has 0 saturated carbocycles. The predicted molar refractivity (Wildman–Crippen MR) is 62.0 cm³/mol. The van der Waals surface area contributed by atoms with Crippen molar-refractivity contribution < 1.29 is 0 Å². The van der Waals surface area contributed by atoms with Gasteiger partial charge in [-0.15, -0.1) is 0 Å². The molecule has 0 aliphatic carbocycles. The van der Waals surface area contributed by atoms with Crippen molar-refractivity contribution in [2.24, 2.45) is 0 Å². The SMILES string of the molecule is Cc1n[nH]c(C)c1NC1CSC(C)C1. The van der Waals surface area contributed by atoms with Gasteiger partial charge in [0, 0.05) is 17.0 Å². The number of nitrogens with one attached hydrogen (secondary N) is 2. The fourth-order valence-electron chi connectivity index (χ4n) is 1.89. The molecule has 1 saturated heterocycles. The van der Waals surface area contributed by atoms with Gasteiger partial charge in [-0.3, -0.25) is 5.10 Å². The average Bonchev–Trinajstić information content (AvgIpc) is 2.67. The van der Waals surface area contributed by atoms with Crippen molar-refractivity contribution in [2.75, 3.05) is 11.1 Å². The van der Waals surface area contributed by atoms with Crippen molar-refractivity contribution >= 4 is 17.4 Å². The van der Waals surface area contributed by atoms with E-state index in [-0.39, 0.29) is 0 Å². The van der Waals surface area contributed by atoms with Crippen LogP contribution in [0.3, 0.4) is 0 Å². The fourth-order valence-corrected chi connectivity index (χ4v) is 3.03. The van der Waals surface area contributed by atoms with Crippen molar-refractivity contribution in [2.45, 2.75) is 38.5 Å². The van der Waals surface area contributed by atoms with Crippen LogP contribution in [0, 0.1) is 13.8 Å². The first-order chi connectivity index (χ1) is 6.66. The summed E-state index contributed by atoms with van der Waals surface area (Å²) < 4.78 is 0. The maximum atomic E-state index is 4.18. The maximum absolute atomic E-state index is 4.18. The lowest BCUT2D eigenvalue weighted by Crippen LogP contribution is -2.19. The van der Waals surface area contributed by atoms with Crippen LogP contribution >= 0.6 is 11.8 Å². The molecule has 1 aromatic heterocycles. The highest BCUT2D eigenvalue weighted by atomic mass is 32.2. The van der Waals surface area contributed by atoms with E-state index in [1.165, 1.54) is 17.9 Å². The molecule has 1 aliphatic rings. The van der Waals surface area contributed by atoms with Crippen molar-refractivity contribution in [1.82, 2.24) is 10.2 Å². The highest BCUT2D eigenvalue weighted by Gasteiger charge is 2.22. The third kappa shape index (κ3) is 1.90. The van der Waals surface area contributed by atoms with Crippen LogP contribution in [0.1, 0.15) is 24.7 Å². The maximum Gasteiger partial charge on any atom is 0.0825 e. The van der Waals surface area contributed by atoms with E-state index >= 15 is 0 Å². The van der Waals surface area contributed by atoms with Gasteiger partial charge in [-0.1, -0.05) is 6.92 Å². The molecule has 1 aliphatic heterocycles. The minimum atomic E-state index is 0.616. The van der Waals surface area contributed by atoms with Gasteiger partial charge in [0.15, 0.2) is 0 Å². The quantitative estimate of drug-likeness (QED) is 0.789. The number of aromatic amines is 1. The zero-order chi connectivity index (χ0) is 10.1. The van der Waals surface area contributed by atoms with Gasteiger partial charge in [0.25, 0.3) is 0 Å². The molecule has 0 radical (unpaired) electrons. The third-order valence-electron chi connectivity index (χ3n) is 2.67. The minimum Gasteiger partial charge on any atom is -0.378 e. The van der Waals surface area contributed by atoms with Gasteiger partial charge in [0.05, 0.1) is 17.1 Å². The van der Waals surface area contributed by atoms with Crippen molar-refractivity contribution in [3.05, 3.63) is 11.4 Å². The van der Waals surface area contributed by atoms with Crippen LogP contribution in [0.15, 0.2) is 0 Å². The number of rotatable bonds is 2. The summed E-state index contributed by atoms with van der Waals surface area (Å²) in [6.45, 7) is 6.40. The molecule has 3 nitrogen and oxygen atoms in total. The fraction of sp³-hybridized carbons (Fsp3) is 0.700. The standard InChI is InChI=1S/C10H17N3S/c1-6-4-9(5-14-6)11-10-7(2)12-13-8(10)3/h6,9,11H,4-5H2,1-3H3,(H,12,13). The predicted octanol–water partition coefficient (Wildman–Crippen LogP) is 2.33. The Morgan fingerprint density at radius 1 is 1.50 bits per heavy atom. The van der Waals surface area contributed by atoms with Crippen LogP contribution in [0.4, 0.5) is 5.69 Å². The lowest BCUT2D eigenvalue weighted by atomic mass is 10.2. The molecule has 1 fully saturated rings. The molecular weight excluding hydrogens is 194 g/mol. The molecule has 78 valence electrons. The molecule has 0 amide bonds. The molecule has 2 heterocycles. The van der Waals surface area contributed by atoms with Crippen LogP contribution in [-0.2, 0) is 0 Å². The molecule has 2 atom stereocenters. The largest absolute Gasteiger partial charge is 0.378 e. The number of anilines is 1. The minimum absolute atomic E-state index is 0.616. The second-order valence-electron chi connectivity index (χ2n) is 4.03. The number of hydrogen-bond donors (Lipinski definition) is 2. The van der Waals surface area contributed by atoms with Crippen LogP contribution in [0.5, 0.6) is 0 Å². The van der Waals surface area contributed by atoms with E-state index in [1.54, 1.807) is 0 Å². The highest BCUT2D eigenvalue weighted by molar-refractivity contribution is 8.00. The second kappa shape index (κ2) is 3.85. The van der Waals surface area contributed by atoms with Gasteiger partial charge < -0.3 is 5.32 Å². The first-order valence-corrected chi connectivity index (χ1v) is 6.11. The normalized spacial score (nSPS) is 26.8. The van der Waals surface area contributed by atoms with E-state index in [0.717, 1.165) is 16.6 Å². The van der Waals surface area contributed by atoms with Crippen molar-refractivity contribution in [1.29, 1.82) is 0 Å². The number of thioether (sulfide) groups is 1. The molecule has 0 bridgehead atoms. The van der Waals surface area contributed by atoms with Gasteiger partial charge in [0.1, 0.15) is 0 Å². The van der Waals surface area contributed by atoms with Gasteiger partial charge in [-0.25, -0.2) is 0 Å². The molecule has 0 spiro atoms. The summed E-state index contributed by atoms with van der Waals surface area (Å²) in [7, 11) is 0. The average molecular weight is 211 g/mol. The summed E-state index contributed by atoms with van der Waals surface area (Å²) in [6.07, 6.45) is 1.26. The van der Waals surface area contributed by atoms with Gasteiger partial charge in [-0.2, -0.15) is 16.9 Å². The lowest BCUT2D eigenvalue weighted by molar-refractivity contribution is 0.745. The summed E-state index contributed by atoms with van der Waals surface area (Å²) >= 11 is 2.05. The van der Waals surface area contributed by atoms with E-state index in [0.29, 0.717) is 6.04 Å². The molecule has 2 unspecified atom stereocenters. The number of nitrogens with zero attached hydrogens (tertiary/aromatic N) is 1. The number of H-pyrrole nitrogens is 1. The Labute approximate surface area is 89.1 Å². The summed E-state index contributed by atoms with van der Waals surface area (Å²) in [5.41, 5.74) is 3.42. The van der Waals surface area contributed by atoms with Crippen LogP contribution in [-0.4, -0.2) is 27.2 Å². The van der Waals surface area contributed by atoms with Gasteiger partial charge >= 0.3 is 0 Å². The summed E-state index contributed by atoms with van der Waals surface area (Å²) in [5, 5.41) is 11.6. The molecule has 14 heavy (non-hydrogen) atoms. The summed E-state index contributed by atoms with van der Waals surface area (Å²) in [5.74, 6) is 1.21. The Balaban J connectivity index is 2.04. The summed E-state index contributed by atoms with van der Waals surface area (Å²) in [4.78, 5) is 0. The van der Waals surface area contributed by atoms with Crippen LogP contribution < -0.4 is 5.32 Å². The van der Waals surface area contributed by atoms with Crippen molar-refractivity contribution in [3.63, 3.8) is 0 Å². The van der Waals surface area contributed by atoms with Gasteiger partial charge in [-0.05, 0) is 20.3 Å². The highest BCUT2D eigenvalue weighted by Crippen LogP contribution is 2.29. The molecule has 0 aromatic carbocycles. The smallest absolute Gasteiger partial charge is 0.0825 e. The topological polar surface area (TPSA) is 40.7 Å². The van der Waals surface area contributed by atoms with Crippen molar-refractivity contribution in [3.8, 4) is 0 Å². The van der Waals surface area contributed by atoms with Gasteiger partial charge in [0.2, 0.25) is 0 Å². The molecule has 2 N–H and O–H groups in total. The molecule has 4 heteroatoms. The number of aryl methyl sites for hydroxylation is 2. The second-order valence-corrected chi connectivity index (χ2v) is 5.50. The Morgan fingerprint density at radius 3 is 2.79 bits per heavy atom. The van der Waals surface area contributed by atoms with E-state index in [1.807, 2.05) is 18.7 Å². The van der Waals surface area contributed by atoms with Crippen LogP contribution in [0.25, 0.3) is 0 Å². The van der Waals surface area contributed by atoms with E-state index in [2.05, 4.69) is 29.4 Å².